The van der Waals surface area contributed by atoms with Crippen molar-refractivity contribution in [2.75, 3.05) is 98.2 Å². The Balaban J connectivity index is 0.000000197. The van der Waals surface area contributed by atoms with Gasteiger partial charge < -0.3 is 44.2 Å². The predicted molar refractivity (Wildman–Crippen MR) is 410 cm³/mol. The van der Waals surface area contributed by atoms with E-state index in [0.717, 1.165) is 225 Å². The molecule has 6 aromatic carbocycles. The van der Waals surface area contributed by atoms with Crippen LogP contribution < -0.4 is 14.2 Å². The van der Waals surface area contributed by atoms with Gasteiger partial charge in [0.25, 0.3) is 0 Å². The first-order chi connectivity index (χ1) is 49.5. The van der Waals surface area contributed by atoms with Crippen molar-refractivity contribution in [3.05, 3.63) is 192 Å². The Morgan fingerprint density at radius 2 is 0.864 bits per heavy atom. The second-order valence-electron chi connectivity index (χ2n) is 29.3. The lowest BCUT2D eigenvalue weighted by molar-refractivity contribution is -0.152. The number of ether oxygens (including phenoxy) is 3. The van der Waals surface area contributed by atoms with Crippen molar-refractivity contribution >= 4 is 75.9 Å². The first-order valence-corrected chi connectivity index (χ1v) is 38.7. The van der Waals surface area contributed by atoms with Gasteiger partial charge in [-0.3, -0.25) is 29.1 Å². The third-order valence-corrected chi connectivity index (χ3v) is 24.0. The molecule has 6 heterocycles. The van der Waals surface area contributed by atoms with Gasteiger partial charge in [0.2, 0.25) is 0 Å². The Morgan fingerprint density at radius 3 is 1.29 bits per heavy atom. The summed E-state index contributed by atoms with van der Waals surface area (Å²) in [7, 11) is 0. The number of piperidine rings is 6. The Kier molecular flexibility index (Phi) is 29.9. The van der Waals surface area contributed by atoms with Gasteiger partial charge in [0.05, 0.1) is 20.1 Å². The summed E-state index contributed by atoms with van der Waals surface area (Å²) in [5, 5.41) is 32.6. The van der Waals surface area contributed by atoms with Crippen molar-refractivity contribution in [1.82, 2.24) is 29.4 Å². The fourth-order valence-electron chi connectivity index (χ4n) is 15.5. The van der Waals surface area contributed by atoms with E-state index >= 15 is 0 Å². The highest BCUT2D eigenvalue weighted by Crippen LogP contribution is 2.36. The Hall–Kier alpha value is -5.80. The number of halogens is 7. The van der Waals surface area contributed by atoms with Crippen LogP contribution >= 0.6 is 58.0 Å². The smallest absolute Gasteiger partial charge is 0.324 e. The number of hydrogen-bond donors (Lipinski definition) is 3. The van der Waals surface area contributed by atoms with Gasteiger partial charge in [-0.1, -0.05) is 113 Å². The van der Waals surface area contributed by atoms with Crippen LogP contribution in [0.3, 0.4) is 0 Å². The molecule has 0 saturated carbocycles. The molecule has 0 bridgehead atoms. The standard InChI is InChI=1S/C28H35Cl2FN2O3.C27H34ClFN2O3.C26H32Cl2N2O3.2H2/c1-19-25(8-7-24(29)26(19)30)36-23-11-13-32(14-12-23)18-21-9-15-33(16-10-21)28(2,27(34)35)17-20-3-5-22(31)6-4-20;1-19-16-24(6-7-25(19)28)34-23-10-12-30(13-11-23)18-21-8-14-31(15-9-21)26(27(32)33)17-20-2-4-22(29)5-3-20;27-23-7-6-22(17-24(23)28)33-21-10-12-29(13-11-21)18-20-8-14-30(15-9-20)25(26(31)32)16-19-4-2-1-3-5-19;;/h3-8,21,23H,9-18H2,1-2H3,(H,34,35);2-7,16,21,23,26H,8-15,17-18H2,1H3,(H,32,33);1-7,17,20-21,25H,8-16,18H2,(H,31,32);2*1H/t28-;26-;25-;;/m011../s1. The minimum Gasteiger partial charge on any atom is -0.490 e. The predicted octanol–water partition coefficient (Wildman–Crippen LogP) is 16.9. The summed E-state index contributed by atoms with van der Waals surface area (Å²) in [5.74, 6) is 1.28. The molecule has 6 saturated heterocycles. The molecule has 0 aliphatic carbocycles. The van der Waals surface area contributed by atoms with Crippen molar-refractivity contribution in [3.63, 3.8) is 0 Å². The molecule has 103 heavy (non-hydrogen) atoms. The van der Waals surface area contributed by atoms with Gasteiger partial charge in [-0.25, -0.2) is 8.78 Å². The van der Waals surface area contributed by atoms with Gasteiger partial charge in [0.15, 0.2) is 0 Å². The second-order valence-corrected chi connectivity index (χ2v) is 31.3. The lowest BCUT2D eigenvalue weighted by Gasteiger charge is -2.43. The second kappa shape index (κ2) is 38.6. The molecule has 0 unspecified atom stereocenters. The normalized spacial score (nSPS) is 20.0. The average Bonchev–Trinajstić information content (AvgIpc) is 0.790. The summed E-state index contributed by atoms with van der Waals surface area (Å²) in [6, 6.07) is 36.2. The van der Waals surface area contributed by atoms with E-state index in [1.165, 1.54) is 24.3 Å². The van der Waals surface area contributed by atoms with Crippen LogP contribution in [0, 0.1) is 43.2 Å². The van der Waals surface area contributed by atoms with E-state index in [2.05, 4.69) is 29.4 Å². The quantitative estimate of drug-likeness (QED) is 0.0525. The summed E-state index contributed by atoms with van der Waals surface area (Å²) in [6.07, 6.45) is 14.0. The molecule has 6 aromatic rings. The number of carboxylic acid groups (broad SMARTS) is 3. The largest absolute Gasteiger partial charge is 0.490 e. The van der Waals surface area contributed by atoms with Crippen LogP contribution in [0.4, 0.5) is 8.78 Å². The first-order valence-electron chi connectivity index (χ1n) is 36.8. The highest BCUT2D eigenvalue weighted by molar-refractivity contribution is 6.43. The molecule has 6 aliphatic heterocycles. The van der Waals surface area contributed by atoms with Gasteiger partial charge in [0, 0.05) is 84.8 Å². The summed E-state index contributed by atoms with van der Waals surface area (Å²) in [4.78, 5) is 50.0. The Bertz CT molecular complexity index is 3690. The van der Waals surface area contributed by atoms with E-state index in [1.54, 1.807) is 49.4 Å². The minimum atomic E-state index is -0.999. The number of aryl methyl sites for hydroxylation is 1. The Morgan fingerprint density at radius 1 is 0.466 bits per heavy atom. The van der Waals surface area contributed by atoms with Crippen LogP contribution in [0.1, 0.15) is 115 Å². The molecule has 0 spiro atoms. The van der Waals surface area contributed by atoms with Crippen molar-refractivity contribution in [1.29, 1.82) is 0 Å². The van der Waals surface area contributed by atoms with E-state index in [4.69, 9.17) is 72.2 Å². The molecular weight excluding hydrogens is 1420 g/mol. The summed E-state index contributed by atoms with van der Waals surface area (Å²) in [5.41, 5.74) is 3.69. The molecule has 0 aromatic heterocycles. The zero-order chi connectivity index (χ0) is 73.2. The van der Waals surface area contributed by atoms with Crippen LogP contribution in [0.25, 0.3) is 0 Å². The zero-order valence-electron chi connectivity index (χ0n) is 59.6. The third-order valence-electron chi connectivity index (χ3n) is 22.0. The van der Waals surface area contributed by atoms with E-state index in [9.17, 15) is 38.5 Å². The third kappa shape index (κ3) is 23.6. The highest BCUT2D eigenvalue weighted by atomic mass is 35.5. The van der Waals surface area contributed by atoms with Crippen molar-refractivity contribution in [2.45, 2.75) is 153 Å². The lowest BCUT2D eigenvalue weighted by Crippen LogP contribution is -2.57. The van der Waals surface area contributed by atoms with E-state index in [-0.39, 0.29) is 32.8 Å². The Labute approximate surface area is 635 Å². The fourth-order valence-corrected chi connectivity index (χ4v) is 16.3. The van der Waals surface area contributed by atoms with Gasteiger partial charge in [-0.15, -0.1) is 0 Å². The number of aliphatic carboxylic acids is 3. The fraction of sp³-hybridized carbons (Fsp3) is 0.519. The van der Waals surface area contributed by atoms with Gasteiger partial charge >= 0.3 is 17.9 Å². The molecular formula is C81H105Cl5F2N6O9. The summed E-state index contributed by atoms with van der Waals surface area (Å²) in [6.45, 7) is 19.8. The van der Waals surface area contributed by atoms with Gasteiger partial charge in [-0.05, 0) is 257 Å². The molecule has 3 atom stereocenters. The van der Waals surface area contributed by atoms with E-state index in [0.29, 0.717) is 57.1 Å². The van der Waals surface area contributed by atoms with Crippen molar-refractivity contribution in [3.8, 4) is 17.2 Å². The summed E-state index contributed by atoms with van der Waals surface area (Å²) < 4.78 is 45.0. The van der Waals surface area contributed by atoms with Crippen molar-refractivity contribution in [2.24, 2.45) is 17.8 Å². The molecule has 6 fully saturated rings. The molecule has 562 valence electrons. The SMILES string of the molecule is Cc1c(OC2CCN(CC3CCN([C@@](C)(Cc4ccc(F)cc4)C(=O)O)CC3)CC2)ccc(Cl)c1Cl.Cc1cc(OC2CCN(CC3CCN([C@H](Cc4ccc(F)cc4)C(=O)O)CC3)CC2)ccc1Cl.O=C(O)[C@@H](Cc1ccccc1)N1CCC(CN2CCC(Oc3ccc(Cl)c(Cl)c3)CC2)CC1.[HH].[HH]. The molecule has 0 radical (unpaired) electrons. The van der Waals surface area contributed by atoms with Gasteiger partial charge in [-0.2, -0.15) is 0 Å². The van der Waals surface area contributed by atoms with Crippen LogP contribution in [0.5, 0.6) is 17.2 Å². The zero-order valence-corrected chi connectivity index (χ0v) is 63.4. The minimum absolute atomic E-state index is 0. The molecule has 3 N–H and O–H groups in total. The van der Waals surface area contributed by atoms with Crippen molar-refractivity contribution < 1.29 is 55.5 Å². The number of likely N-dealkylation sites (tertiary alicyclic amines) is 6. The maximum atomic E-state index is 13.3. The molecule has 6 aliphatic rings. The van der Waals surface area contributed by atoms with Gasteiger partial charge in [0.1, 0.15) is 64.8 Å². The number of benzene rings is 6. The average molecular weight is 1520 g/mol. The monoisotopic (exact) mass is 1520 g/mol. The maximum absolute atomic E-state index is 13.3. The van der Waals surface area contributed by atoms with E-state index in [1.807, 2.05) is 74.5 Å². The highest BCUT2D eigenvalue weighted by Gasteiger charge is 2.42. The molecule has 0 amide bonds. The maximum Gasteiger partial charge on any atom is 0.324 e. The summed E-state index contributed by atoms with van der Waals surface area (Å²) >= 11 is 30.5. The molecule has 22 heteroatoms. The molecule has 15 nitrogen and oxygen atoms in total. The van der Waals surface area contributed by atoms with Crippen LogP contribution in [0.15, 0.2) is 127 Å². The number of rotatable bonds is 24. The van der Waals surface area contributed by atoms with Crippen LogP contribution in [0.2, 0.25) is 25.1 Å². The molecule has 12 rings (SSSR count). The number of carbonyl (C=O) groups is 3. The lowest BCUT2D eigenvalue weighted by atomic mass is 9.86. The van der Waals surface area contributed by atoms with Crippen LogP contribution in [-0.4, -0.2) is 197 Å². The number of nitrogens with zero attached hydrogens (tertiary/aromatic N) is 6. The number of carboxylic acids is 3. The van der Waals surface area contributed by atoms with Crippen LogP contribution in [-0.2, 0) is 33.6 Å². The topological polar surface area (TPSA) is 159 Å². The van der Waals surface area contributed by atoms with E-state index < -0.39 is 35.5 Å². The number of hydrogen-bond acceptors (Lipinski definition) is 12. The first kappa shape index (κ1) is 79.8.